The molecule has 6 nitrogen and oxygen atoms in total. The summed E-state index contributed by atoms with van der Waals surface area (Å²) >= 11 is 0. The van der Waals surface area contributed by atoms with Crippen LogP contribution in [0.4, 0.5) is 0 Å². The molecule has 0 radical (unpaired) electrons. The Labute approximate surface area is 92.8 Å². The van der Waals surface area contributed by atoms with Gasteiger partial charge in [0.2, 0.25) is 0 Å². The summed E-state index contributed by atoms with van der Waals surface area (Å²) < 4.78 is 13.3. The molecule has 6 heteroatoms. The molecule has 0 amide bonds. The molecule has 2 heterocycles. The molecule has 0 bridgehead atoms. The van der Waals surface area contributed by atoms with E-state index < -0.39 is 11.9 Å². The van der Waals surface area contributed by atoms with Crippen LogP contribution in [0.25, 0.3) is 0 Å². The van der Waals surface area contributed by atoms with E-state index in [0.29, 0.717) is 6.42 Å². The van der Waals surface area contributed by atoms with E-state index in [1.807, 2.05) is 0 Å². The molecule has 0 N–H and O–H groups in total. The van der Waals surface area contributed by atoms with Crippen LogP contribution in [-0.4, -0.2) is 37.2 Å². The third-order valence-electron chi connectivity index (χ3n) is 2.01. The fraction of sp³-hybridized carbons (Fsp3) is 0.700. The van der Waals surface area contributed by atoms with Crippen LogP contribution in [0.2, 0.25) is 0 Å². The van der Waals surface area contributed by atoms with Gasteiger partial charge in [-0.3, -0.25) is 4.79 Å². The summed E-state index contributed by atoms with van der Waals surface area (Å²) in [5.74, 6) is -1.00. The third kappa shape index (κ3) is 4.29. The summed E-state index contributed by atoms with van der Waals surface area (Å²) in [6.07, 6.45) is 3.05. The van der Waals surface area contributed by atoms with E-state index in [-0.39, 0.29) is 25.3 Å². The zero-order valence-electron chi connectivity index (χ0n) is 9.06. The van der Waals surface area contributed by atoms with Crippen LogP contribution in [0.5, 0.6) is 0 Å². The van der Waals surface area contributed by atoms with Crippen LogP contribution < -0.4 is 0 Å². The molecule has 0 aromatic heterocycles. The normalized spacial score (nSPS) is 23.1. The number of carbonyl (C=O) groups is 3. The van der Waals surface area contributed by atoms with Crippen molar-refractivity contribution >= 4 is 17.9 Å². The second-order valence-electron chi connectivity index (χ2n) is 3.43. The van der Waals surface area contributed by atoms with Crippen molar-refractivity contribution < 1.29 is 28.6 Å². The van der Waals surface area contributed by atoms with Crippen molar-refractivity contribution in [1.82, 2.24) is 0 Å². The number of hydrogen-bond acceptors (Lipinski definition) is 6. The lowest BCUT2D eigenvalue weighted by Gasteiger charge is -2.24. The maximum absolute atomic E-state index is 10.2. The average Bonchev–Trinajstić information content (AvgIpc) is 2.22. The monoisotopic (exact) mass is 230 g/mol. The Hall–Kier alpha value is -1.59. The van der Waals surface area contributed by atoms with Crippen molar-refractivity contribution in [2.45, 2.75) is 32.3 Å². The summed E-state index contributed by atoms with van der Waals surface area (Å²) in [5, 5.41) is 0. The molecule has 0 aliphatic carbocycles. The molecule has 0 aromatic carbocycles. The Morgan fingerprint density at radius 1 is 1.06 bits per heavy atom. The lowest BCUT2D eigenvalue weighted by Crippen LogP contribution is -2.32. The number of cyclic esters (lactones) is 3. The van der Waals surface area contributed by atoms with Crippen molar-refractivity contribution in [1.29, 1.82) is 0 Å². The number of rotatable bonds is 2. The van der Waals surface area contributed by atoms with Crippen LogP contribution in [0.15, 0.2) is 0 Å². The minimum absolute atomic E-state index is 0.0385. The molecule has 0 aromatic rings. The predicted octanol–water partition coefficient (Wildman–Crippen LogP) is 0.188. The molecule has 2 fully saturated rings. The van der Waals surface area contributed by atoms with Crippen molar-refractivity contribution in [3.8, 4) is 0 Å². The Bertz CT molecular complexity index is 249. The van der Waals surface area contributed by atoms with E-state index >= 15 is 0 Å². The van der Waals surface area contributed by atoms with Gasteiger partial charge in [0.05, 0.1) is 6.42 Å². The summed E-state index contributed by atoms with van der Waals surface area (Å²) in [5.41, 5.74) is 0. The molecular formula is C10H14O6. The summed E-state index contributed by atoms with van der Waals surface area (Å²) in [4.78, 5) is 30.4. The van der Waals surface area contributed by atoms with Crippen LogP contribution in [0.1, 0.15) is 26.2 Å². The lowest BCUT2D eigenvalue weighted by molar-refractivity contribution is -0.174. The van der Waals surface area contributed by atoms with Gasteiger partial charge in [0, 0.05) is 0 Å². The van der Waals surface area contributed by atoms with Crippen molar-refractivity contribution in [3.05, 3.63) is 0 Å². The molecule has 1 unspecified atom stereocenters. The zero-order valence-corrected chi connectivity index (χ0v) is 9.06. The predicted molar refractivity (Wildman–Crippen MR) is 51.3 cm³/mol. The topological polar surface area (TPSA) is 78.9 Å². The number of hydrogen-bond donors (Lipinski definition) is 0. The molecule has 0 spiro atoms. The van der Waals surface area contributed by atoms with E-state index in [1.54, 1.807) is 0 Å². The van der Waals surface area contributed by atoms with Gasteiger partial charge in [0.15, 0.2) is 13.2 Å². The SMILES string of the molecule is CCCC1CC(=O)O1.O=C1COC(=O)CO1. The third-order valence-corrected chi connectivity index (χ3v) is 2.01. The van der Waals surface area contributed by atoms with Crippen LogP contribution >= 0.6 is 0 Å². The van der Waals surface area contributed by atoms with Crippen LogP contribution in [0, 0.1) is 0 Å². The Morgan fingerprint density at radius 3 is 1.88 bits per heavy atom. The van der Waals surface area contributed by atoms with Gasteiger partial charge in [0.25, 0.3) is 0 Å². The standard InChI is InChI=1S/C6H10O2.C4H4O4/c1-2-3-5-4-6(7)8-5;5-3-1-7-4(6)2-8-3/h5H,2-4H2,1H3;1-2H2. The van der Waals surface area contributed by atoms with E-state index in [1.165, 1.54) is 0 Å². The smallest absolute Gasteiger partial charge is 0.344 e. The van der Waals surface area contributed by atoms with E-state index in [0.717, 1.165) is 12.8 Å². The fourth-order valence-corrected chi connectivity index (χ4v) is 1.21. The van der Waals surface area contributed by atoms with Crippen molar-refractivity contribution in [3.63, 3.8) is 0 Å². The zero-order chi connectivity index (χ0) is 12.0. The van der Waals surface area contributed by atoms with E-state index in [9.17, 15) is 14.4 Å². The lowest BCUT2D eigenvalue weighted by atomic mass is 10.1. The minimum Gasteiger partial charge on any atom is -0.462 e. The maximum Gasteiger partial charge on any atom is 0.344 e. The van der Waals surface area contributed by atoms with Gasteiger partial charge in [-0.15, -0.1) is 0 Å². The largest absolute Gasteiger partial charge is 0.462 e. The summed E-state index contributed by atoms with van der Waals surface area (Å²) in [6, 6.07) is 0. The molecule has 2 rings (SSSR count). The molecule has 2 aliphatic rings. The average molecular weight is 230 g/mol. The van der Waals surface area contributed by atoms with Crippen LogP contribution in [-0.2, 0) is 28.6 Å². The number of ether oxygens (including phenoxy) is 3. The van der Waals surface area contributed by atoms with Crippen molar-refractivity contribution in [2.75, 3.05) is 13.2 Å². The number of carbonyl (C=O) groups excluding carboxylic acids is 3. The number of esters is 3. The highest BCUT2D eigenvalue weighted by Crippen LogP contribution is 2.17. The molecule has 2 aliphatic heterocycles. The maximum atomic E-state index is 10.2. The Kier molecular flexibility index (Phi) is 4.75. The second kappa shape index (κ2) is 6.09. The molecule has 2 saturated heterocycles. The highest BCUT2D eigenvalue weighted by atomic mass is 16.6. The van der Waals surface area contributed by atoms with E-state index in [4.69, 9.17) is 4.74 Å². The quantitative estimate of drug-likeness (QED) is 0.497. The molecular weight excluding hydrogens is 216 g/mol. The van der Waals surface area contributed by atoms with Crippen LogP contribution in [0.3, 0.4) is 0 Å². The second-order valence-corrected chi connectivity index (χ2v) is 3.43. The minimum atomic E-state index is -0.482. The first-order chi connectivity index (χ1) is 7.61. The van der Waals surface area contributed by atoms with Gasteiger partial charge in [0.1, 0.15) is 6.10 Å². The van der Waals surface area contributed by atoms with Gasteiger partial charge in [-0.25, -0.2) is 9.59 Å². The highest BCUT2D eigenvalue weighted by molar-refractivity contribution is 5.82. The van der Waals surface area contributed by atoms with Gasteiger partial charge in [-0.2, -0.15) is 0 Å². The first-order valence-electron chi connectivity index (χ1n) is 5.12. The van der Waals surface area contributed by atoms with Gasteiger partial charge < -0.3 is 14.2 Å². The van der Waals surface area contributed by atoms with Crippen molar-refractivity contribution in [2.24, 2.45) is 0 Å². The Balaban J connectivity index is 0.000000160. The van der Waals surface area contributed by atoms with Gasteiger partial charge in [-0.1, -0.05) is 13.3 Å². The highest BCUT2D eigenvalue weighted by Gasteiger charge is 2.26. The summed E-state index contributed by atoms with van der Waals surface area (Å²) in [7, 11) is 0. The van der Waals surface area contributed by atoms with E-state index in [2.05, 4.69) is 16.4 Å². The molecule has 0 saturated carbocycles. The van der Waals surface area contributed by atoms with Gasteiger partial charge in [-0.05, 0) is 6.42 Å². The fourth-order valence-electron chi connectivity index (χ4n) is 1.21. The summed E-state index contributed by atoms with van der Waals surface area (Å²) in [6.45, 7) is 1.61. The molecule has 16 heavy (non-hydrogen) atoms. The first kappa shape index (κ1) is 12.5. The first-order valence-corrected chi connectivity index (χ1v) is 5.12. The molecule has 90 valence electrons. The molecule has 1 atom stereocenters. The van der Waals surface area contributed by atoms with Gasteiger partial charge >= 0.3 is 17.9 Å². The Morgan fingerprint density at radius 2 is 1.56 bits per heavy atom.